The third-order valence-electron chi connectivity index (χ3n) is 1.13. The van der Waals surface area contributed by atoms with Crippen molar-refractivity contribution in [3.8, 4) is 0 Å². The zero-order valence-electron chi connectivity index (χ0n) is 6.13. The SMILES string of the molecule is COCc1nc(Br)sc1C(=O)Cl. The van der Waals surface area contributed by atoms with Crippen molar-refractivity contribution in [2.24, 2.45) is 0 Å². The molecule has 3 nitrogen and oxygen atoms in total. The predicted molar refractivity (Wildman–Crippen MR) is 50.7 cm³/mol. The molecule has 1 rings (SSSR count). The van der Waals surface area contributed by atoms with Crippen molar-refractivity contribution >= 4 is 44.1 Å². The maximum Gasteiger partial charge on any atom is 0.264 e. The summed E-state index contributed by atoms with van der Waals surface area (Å²) in [5.41, 5.74) is 0.578. The van der Waals surface area contributed by atoms with Gasteiger partial charge in [0.05, 0.1) is 12.3 Å². The van der Waals surface area contributed by atoms with Gasteiger partial charge in [0.2, 0.25) is 0 Å². The van der Waals surface area contributed by atoms with Crippen molar-refractivity contribution in [3.63, 3.8) is 0 Å². The van der Waals surface area contributed by atoms with Crippen molar-refractivity contribution in [2.45, 2.75) is 6.61 Å². The summed E-state index contributed by atoms with van der Waals surface area (Å²) in [6.07, 6.45) is 0. The molecule has 66 valence electrons. The van der Waals surface area contributed by atoms with Crippen LogP contribution in [-0.2, 0) is 11.3 Å². The Bertz CT molecular complexity index is 302. The van der Waals surface area contributed by atoms with E-state index in [9.17, 15) is 4.79 Å². The van der Waals surface area contributed by atoms with E-state index >= 15 is 0 Å². The monoisotopic (exact) mass is 269 g/mol. The average Bonchev–Trinajstić information content (AvgIpc) is 2.32. The van der Waals surface area contributed by atoms with Gasteiger partial charge in [-0.25, -0.2) is 4.98 Å². The number of thiazole rings is 1. The Balaban J connectivity index is 2.99. The highest BCUT2D eigenvalue weighted by molar-refractivity contribution is 9.11. The van der Waals surface area contributed by atoms with Crippen molar-refractivity contribution in [2.75, 3.05) is 7.11 Å². The van der Waals surface area contributed by atoms with E-state index < -0.39 is 5.24 Å². The summed E-state index contributed by atoms with van der Waals surface area (Å²) in [6.45, 7) is 0.301. The minimum atomic E-state index is -0.495. The van der Waals surface area contributed by atoms with Crippen LogP contribution in [0.5, 0.6) is 0 Å². The predicted octanol–water partition coefficient (Wildman–Crippen LogP) is 2.43. The molecule has 12 heavy (non-hydrogen) atoms. The summed E-state index contributed by atoms with van der Waals surface area (Å²) in [6, 6.07) is 0. The lowest BCUT2D eigenvalue weighted by Gasteiger charge is -1.94. The quantitative estimate of drug-likeness (QED) is 0.792. The number of nitrogens with zero attached hydrogens (tertiary/aromatic N) is 1. The molecular formula is C6H5BrClNO2S. The standard InChI is InChI=1S/C6H5BrClNO2S/c1-11-2-3-4(5(8)10)12-6(7)9-3/h2H2,1H3. The lowest BCUT2D eigenvalue weighted by atomic mass is 10.4. The molecule has 0 aromatic carbocycles. The van der Waals surface area contributed by atoms with E-state index in [4.69, 9.17) is 16.3 Å². The Morgan fingerprint density at radius 1 is 1.83 bits per heavy atom. The number of hydrogen-bond donors (Lipinski definition) is 0. The smallest absolute Gasteiger partial charge is 0.264 e. The lowest BCUT2D eigenvalue weighted by molar-refractivity contribution is 0.107. The van der Waals surface area contributed by atoms with Crippen LogP contribution in [0.15, 0.2) is 3.92 Å². The van der Waals surface area contributed by atoms with E-state index in [1.165, 1.54) is 18.4 Å². The molecule has 1 aromatic rings. The number of methoxy groups -OCH3 is 1. The summed E-state index contributed by atoms with van der Waals surface area (Å²) >= 11 is 9.68. The first kappa shape index (κ1) is 10.1. The first-order valence-electron chi connectivity index (χ1n) is 2.99. The molecule has 0 atom stereocenters. The number of ether oxygens (including phenoxy) is 1. The van der Waals surface area contributed by atoms with E-state index in [1.54, 1.807) is 0 Å². The van der Waals surface area contributed by atoms with Gasteiger partial charge in [-0.1, -0.05) is 0 Å². The molecule has 6 heteroatoms. The van der Waals surface area contributed by atoms with E-state index in [-0.39, 0.29) is 0 Å². The maximum absolute atomic E-state index is 10.8. The van der Waals surface area contributed by atoms with Gasteiger partial charge in [0, 0.05) is 7.11 Å². The highest BCUT2D eigenvalue weighted by atomic mass is 79.9. The van der Waals surface area contributed by atoms with Gasteiger partial charge in [0.25, 0.3) is 5.24 Å². The first-order valence-corrected chi connectivity index (χ1v) is 4.98. The van der Waals surface area contributed by atoms with E-state index in [0.717, 1.165) is 0 Å². The average molecular weight is 271 g/mol. The third-order valence-corrected chi connectivity index (χ3v) is 2.98. The largest absolute Gasteiger partial charge is 0.378 e. The van der Waals surface area contributed by atoms with Crippen molar-refractivity contribution < 1.29 is 9.53 Å². The molecule has 0 bridgehead atoms. The fourth-order valence-electron chi connectivity index (χ4n) is 0.711. The number of carbonyl (C=O) groups is 1. The molecule has 0 saturated carbocycles. The highest BCUT2D eigenvalue weighted by Crippen LogP contribution is 2.25. The normalized spacial score (nSPS) is 10.2. The lowest BCUT2D eigenvalue weighted by Crippen LogP contribution is -1.95. The van der Waals surface area contributed by atoms with E-state index in [0.29, 0.717) is 21.1 Å². The van der Waals surface area contributed by atoms with Gasteiger partial charge >= 0.3 is 0 Å². The van der Waals surface area contributed by atoms with Crippen molar-refractivity contribution in [1.82, 2.24) is 4.98 Å². The van der Waals surface area contributed by atoms with Gasteiger partial charge in [-0.3, -0.25) is 4.79 Å². The molecular weight excluding hydrogens is 265 g/mol. The van der Waals surface area contributed by atoms with Crippen LogP contribution in [0, 0.1) is 0 Å². The topological polar surface area (TPSA) is 39.2 Å². The number of halogens is 2. The second-order valence-electron chi connectivity index (χ2n) is 1.95. The maximum atomic E-state index is 10.8. The van der Waals surface area contributed by atoms with Crippen molar-refractivity contribution in [1.29, 1.82) is 0 Å². The number of aromatic nitrogens is 1. The molecule has 0 aliphatic heterocycles. The fourth-order valence-corrected chi connectivity index (χ4v) is 2.26. The third kappa shape index (κ3) is 2.26. The molecule has 0 unspecified atom stereocenters. The van der Waals surface area contributed by atoms with Crippen molar-refractivity contribution in [3.05, 3.63) is 14.5 Å². The molecule has 1 heterocycles. The van der Waals surface area contributed by atoms with Crippen LogP contribution in [0.25, 0.3) is 0 Å². The summed E-state index contributed by atoms with van der Waals surface area (Å²) < 4.78 is 5.48. The Kier molecular flexibility index (Phi) is 3.64. The molecule has 0 aliphatic rings. The summed E-state index contributed by atoms with van der Waals surface area (Å²) in [7, 11) is 1.54. The van der Waals surface area contributed by atoms with Crippen LogP contribution in [0.2, 0.25) is 0 Å². The molecule has 1 aromatic heterocycles. The number of hydrogen-bond acceptors (Lipinski definition) is 4. The summed E-state index contributed by atoms with van der Waals surface area (Å²) in [5.74, 6) is 0. The van der Waals surface area contributed by atoms with Gasteiger partial charge < -0.3 is 4.74 Å². The van der Waals surface area contributed by atoms with Gasteiger partial charge in [-0.05, 0) is 27.5 Å². The Hall–Kier alpha value is 0.0300. The fraction of sp³-hybridized carbons (Fsp3) is 0.333. The second-order valence-corrected chi connectivity index (χ2v) is 4.57. The van der Waals surface area contributed by atoms with Gasteiger partial charge in [0.15, 0.2) is 3.92 Å². The zero-order chi connectivity index (χ0) is 9.14. The minimum Gasteiger partial charge on any atom is -0.378 e. The minimum absolute atomic E-state index is 0.301. The second kappa shape index (κ2) is 4.32. The summed E-state index contributed by atoms with van der Waals surface area (Å²) in [4.78, 5) is 15.3. The Labute approximate surface area is 86.8 Å². The van der Waals surface area contributed by atoms with Crippen LogP contribution in [0.4, 0.5) is 0 Å². The zero-order valence-corrected chi connectivity index (χ0v) is 9.29. The van der Waals surface area contributed by atoms with E-state index in [1.807, 2.05) is 0 Å². The number of carbonyl (C=O) groups excluding carboxylic acids is 1. The van der Waals surface area contributed by atoms with Crippen LogP contribution in [0.3, 0.4) is 0 Å². The Morgan fingerprint density at radius 3 is 3.00 bits per heavy atom. The molecule has 0 amide bonds. The summed E-state index contributed by atoms with van der Waals surface area (Å²) in [5, 5.41) is -0.495. The molecule has 0 radical (unpaired) electrons. The molecule has 0 fully saturated rings. The van der Waals surface area contributed by atoms with Crippen LogP contribution < -0.4 is 0 Å². The Morgan fingerprint density at radius 2 is 2.50 bits per heavy atom. The highest BCUT2D eigenvalue weighted by Gasteiger charge is 2.14. The van der Waals surface area contributed by atoms with Crippen LogP contribution in [0.1, 0.15) is 15.4 Å². The van der Waals surface area contributed by atoms with Gasteiger partial charge in [-0.15, -0.1) is 11.3 Å². The molecule has 0 saturated heterocycles. The molecule has 0 spiro atoms. The van der Waals surface area contributed by atoms with Crippen LogP contribution >= 0.6 is 38.9 Å². The molecule has 0 N–H and O–H groups in total. The van der Waals surface area contributed by atoms with Gasteiger partial charge in [0.1, 0.15) is 4.88 Å². The first-order chi connectivity index (χ1) is 5.65. The van der Waals surface area contributed by atoms with E-state index in [2.05, 4.69) is 20.9 Å². The molecule has 0 aliphatic carbocycles. The van der Waals surface area contributed by atoms with Crippen LogP contribution in [-0.4, -0.2) is 17.3 Å². The number of rotatable bonds is 3. The van der Waals surface area contributed by atoms with Gasteiger partial charge in [-0.2, -0.15) is 0 Å².